The van der Waals surface area contributed by atoms with Crippen molar-refractivity contribution in [3.63, 3.8) is 0 Å². The van der Waals surface area contributed by atoms with Gasteiger partial charge in [-0.25, -0.2) is 10.5 Å². The number of thioether (sulfide) groups is 1. The largest absolute Gasteiger partial charge is 0.274 e. The molecule has 29 heavy (non-hydrogen) atoms. The summed E-state index contributed by atoms with van der Waals surface area (Å²) in [5, 5.41) is 0.618. The first-order valence-electron chi connectivity index (χ1n) is 9.13. The quantitative estimate of drug-likeness (QED) is 0.368. The molecular formula is C23H21ClN2O2S. The maximum absolute atomic E-state index is 12.3. The Bertz CT molecular complexity index is 1040. The van der Waals surface area contributed by atoms with Crippen LogP contribution in [0.4, 0.5) is 0 Å². The van der Waals surface area contributed by atoms with E-state index in [4.69, 9.17) is 21.4 Å². The van der Waals surface area contributed by atoms with Crippen LogP contribution in [0.1, 0.15) is 25.0 Å². The SMILES string of the molecule is C=C/C(=C\C1=C(C)Sc2ccccc2C(c2ccccc2Cl)=N1)C(=O)NOCC. The zero-order valence-corrected chi connectivity index (χ0v) is 17.8. The van der Waals surface area contributed by atoms with Gasteiger partial charge in [-0.3, -0.25) is 9.63 Å². The normalized spacial score (nSPS) is 14.0. The average Bonchev–Trinajstić information content (AvgIpc) is 2.86. The number of hydrogen-bond acceptors (Lipinski definition) is 4. The van der Waals surface area contributed by atoms with Crippen molar-refractivity contribution in [1.29, 1.82) is 0 Å². The van der Waals surface area contributed by atoms with Crippen molar-refractivity contribution < 1.29 is 9.63 Å². The van der Waals surface area contributed by atoms with Crippen molar-refractivity contribution in [2.75, 3.05) is 6.61 Å². The van der Waals surface area contributed by atoms with Crippen LogP contribution in [0.25, 0.3) is 0 Å². The lowest BCUT2D eigenvalue weighted by atomic mass is 10.0. The van der Waals surface area contributed by atoms with E-state index in [-0.39, 0.29) is 5.91 Å². The van der Waals surface area contributed by atoms with Crippen molar-refractivity contribution in [3.8, 4) is 0 Å². The van der Waals surface area contributed by atoms with Crippen molar-refractivity contribution >= 4 is 35.0 Å². The summed E-state index contributed by atoms with van der Waals surface area (Å²) in [6.07, 6.45) is 3.20. The Labute approximate surface area is 180 Å². The highest BCUT2D eigenvalue weighted by molar-refractivity contribution is 8.03. The Balaban J connectivity index is 2.16. The number of benzene rings is 2. The second kappa shape index (κ2) is 9.74. The zero-order valence-electron chi connectivity index (χ0n) is 16.2. The van der Waals surface area contributed by atoms with Gasteiger partial charge in [-0.2, -0.15) is 0 Å². The summed E-state index contributed by atoms with van der Waals surface area (Å²) in [6, 6.07) is 15.7. The highest BCUT2D eigenvalue weighted by Gasteiger charge is 2.20. The number of carbonyl (C=O) groups is 1. The standard InChI is InChI=1S/C23H21ClN2O2S/c1-4-16(23(27)26-28-5-2)14-20-15(3)29-21-13-9-7-11-18(21)22(25-20)17-10-6-8-12-19(17)24/h4,6-14H,1,5H2,2-3H3,(H,26,27)/b16-14+. The number of allylic oxidation sites excluding steroid dienone is 2. The summed E-state index contributed by atoms with van der Waals surface area (Å²) >= 11 is 8.09. The second-order valence-corrected chi connectivity index (χ2v) is 7.81. The Morgan fingerprint density at radius 1 is 1.21 bits per heavy atom. The number of nitrogens with zero attached hydrogens (tertiary/aromatic N) is 1. The van der Waals surface area contributed by atoms with Crippen LogP contribution in [0.15, 0.2) is 93.3 Å². The molecule has 0 aromatic heterocycles. The molecule has 0 fully saturated rings. The number of hydroxylamine groups is 1. The summed E-state index contributed by atoms with van der Waals surface area (Å²) in [5.74, 6) is -0.372. The highest BCUT2D eigenvalue weighted by Crippen LogP contribution is 2.37. The van der Waals surface area contributed by atoms with Crippen molar-refractivity contribution in [1.82, 2.24) is 5.48 Å². The highest BCUT2D eigenvalue weighted by atomic mass is 35.5. The fourth-order valence-electron chi connectivity index (χ4n) is 2.78. The lowest BCUT2D eigenvalue weighted by Crippen LogP contribution is -2.24. The van der Waals surface area contributed by atoms with E-state index in [1.807, 2.05) is 49.4 Å². The molecule has 148 valence electrons. The van der Waals surface area contributed by atoms with E-state index in [0.29, 0.717) is 22.9 Å². The number of rotatable bonds is 6. The summed E-state index contributed by atoms with van der Waals surface area (Å²) in [4.78, 5) is 24.3. The molecule has 6 heteroatoms. The van der Waals surface area contributed by atoms with Gasteiger partial charge in [0.2, 0.25) is 0 Å². The predicted molar refractivity (Wildman–Crippen MR) is 120 cm³/mol. The van der Waals surface area contributed by atoms with Gasteiger partial charge in [0.05, 0.1) is 18.0 Å². The van der Waals surface area contributed by atoms with Gasteiger partial charge in [0.1, 0.15) is 0 Å². The molecule has 0 saturated carbocycles. The molecule has 0 unspecified atom stereocenters. The first-order chi connectivity index (χ1) is 14.0. The molecular weight excluding hydrogens is 404 g/mol. The van der Waals surface area contributed by atoms with Crippen LogP contribution in [-0.4, -0.2) is 18.2 Å². The Hall–Kier alpha value is -2.60. The molecule has 2 aromatic carbocycles. The molecule has 0 spiro atoms. The molecule has 1 heterocycles. The van der Waals surface area contributed by atoms with E-state index < -0.39 is 0 Å². The fourth-order valence-corrected chi connectivity index (χ4v) is 3.97. The first-order valence-corrected chi connectivity index (χ1v) is 10.3. The minimum absolute atomic E-state index is 0.363. The molecule has 1 N–H and O–H groups in total. The maximum atomic E-state index is 12.3. The smallest absolute Gasteiger partial charge is 0.274 e. The second-order valence-electron chi connectivity index (χ2n) is 6.15. The third-order valence-electron chi connectivity index (χ3n) is 4.21. The van der Waals surface area contributed by atoms with E-state index in [1.54, 1.807) is 24.8 Å². The minimum atomic E-state index is -0.372. The van der Waals surface area contributed by atoms with Crippen LogP contribution in [0, 0.1) is 0 Å². The summed E-state index contributed by atoms with van der Waals surface area (Å²) in [5.41, 5.74) is 6.01. The van der Waals surface area contributed by atoms with E-state index in [9.17, 15) is 4.79 Å². The Kier molecular flexibility index (Phi) is 7.09. The van der Waals surface area contributed by atoms with Gasteiger partial charge in [-0.05, 0) is 32.1 Å². The molecule has 0 saturated heterocycles. The molecule has 3 rings (SSSR count). The number of hydrogen-bond donors (Lipinski definition) is 1. The number of fused-ring (bicyclic) bond motifs is 1. The van der Waals surface area contributed by atoms with Gasteiger partial charge >= 0.3 is 0 Å². The molecule has 0 radical (unpaired) electrons. The molecule has 1 aliphatic rings. The van der Waals surface area contributed by atoms with Gasteiger partial charge in [-0.15, -0.1) is 0 Å². The van der Waals surface area contributed by atoms with Crippen LogP contribution < -0.4 is 5.48 Å². The van der Waals surface area contributed by atoms with Crippen LogP contribution in [0.2, 0.25) is 5.02 Å². The van der Waals surface area contributed by atoms with Crippen molar-refractivity contribution in [2.24, 2.45) is 4.99 Å². The molecule has 0 bridgehead atoms. The first kappa shape index (κ1) is 21.1. The van der Waals surface area contributed by atoms with Crippen LogP contribution in [0.3, 0.4) is 0 Å². The summed E-state index contributed by atoms with van der Waals surface area (Å²) < 4.78 is 0. The Morgan fingerprint density at radius 2 is 1.90 bits per heavy atom. The molecule has 0 aliphatic carbocycles. The third kappa shape index (κ3) is 4.88. The number of amides is 1. The number of carbonyl (C=O) groups excluding carboxylic acids is 1. The zero-order chi connectivity index (χ0) is 20.8. The van der Waals surface area contributed by atoms with Crippen molar-refractivity contribution in [2.45, 2.75) is 18.7 Å². The van der Waals surface area contributed by atoms with Crippen molar-refractivity contribution in [3.05, 3.63) is 99.6 Å². The van der Waals surface area contributed by atoms with E-state index in [2.05, 4.69) is 18.1 Å². The molecule has 2 aromatic rings. The molecule has 1 aliphatic heterocycles. The maximum Gasteiger partial charge on any atom is 0.274 e. The molecule has 0 atom stereocenters. The third-order valence-corrected chi connectivity index (χ3v) is 5.63. The monoisotopic (exact) mass is 424 g/mol. The topological polar surface area (TPSA) is 50.7 Å². The summed E-state index contributed by atoms with van der Waals surface area (Å²) in [7, 11) is 0. The lowest BCUT2D eigenvalue weighted by molar-refractivity contribution is -0.128. The lowest BCUT2D eigenvalue weighted by Gasteiger charge is -2.11. The van der Waals surface area contributed by atoms with Crippen LogP contribution in [-0.2, 0) is 9.63 Å². The van der Waals surface area contributed by atoms with Crippen LogP contribution >= 0.6 is 23.4 Å². The van der Waals surface area contributed by atoms with Gasteiger partial charge in [0.25, 0.3) is 5.91 Å². The van der Waals surface area contributed by atoms with Gasteiger partial charge in [0, 0.05) is 31.5 Å². The van der Waals surface area contributed by atoms with Gasteiger partial charge in [0.15, 0.2) is 0 Å². The van der Waals surface area contributed by atoms with Gasteiger partial charge in [-0.1, -0.05) is 72.4 Å². The molecule has 4 nitrogen and oxygen atoms in total. The number of nitrogens with one attached hydrogen (secondary N) is 1. The minimum Gasteiger partial charge on any atom is -0.274 e. The summed E-state index contributed by atoms with van der Waals surface area (Å²) in [6.45, 7) is 7.90. The van der Waals surface area contributed by atoms with E-state index in [0.717, 1.165) is 26.6 Å². The number of halogens is 1. The fraction of sp³-hybridized carbons (Fsp3) is 0.130. The molecule has 1 amide bonds. The predicted octanol–water partition coefficient (Wildman–Crippen LogP) is 5.69. The Morgan fingerprint density at radius 3 is 2.59 bits per heavy atom. The van der Waals surface area contributed by atoms with E-state index >= 15 is 0 Å². The number of aliphatic imine (C=N–C) groups is 1. The average molecular weight is 425 g/mol. The van der Waals surface area contributed by atoms with Gasteiger partial charge < -0.3 is 0 Å². The van der Waals surface area contributed by atoms with E-state index in [1.165, 1.54) is 6.08 Å². The van der Waals surface area contributed by atoms with Crippen LogP contribution in [0.5, 0.6) is 0 Å².